The summed E-state index contributed by atoms with van der Waals surface area (Å²) >= 11 is 12.1. The van der Waals surface area contributed by atoms with Crippen molar-refractivity contribution in [3.63, 3.8) is 0 Å². The molecule has 2 heterocycles. The van der Waals surface area contributed by atoms with Crippen LogP contribution in [0.5, 0.6) is 0 Å². The monoisotopic (exact) mass is 468 g/mol. The van der Waals surface area contributed by atoms with Crippen molar-refractivity contribution in [3.8, 4) is 0 Å². The lowest BCUT2D eigenvalue weighted by atomic mass is 10.2. The average Bonchev–Trinajstić information content (AvgIpc) is 3.06. The van der Waals surface area contributed by atoms with Gasteiger partial charge < -0.3 is 11.1 Å². The number of amides is 1. The van der Waals surface area contributed by atoms with Crippen LogP contribution in [0, 0.1) is 0 Å². The van der Waals surface area contributed by atoms with Crippen LogP contribution in [0.1, 0.15) is 42.1 Å². The third-order valence-electron chi connectivity index (χ3n) is 5.03. The summed E-state index contributed by atoms with van der Waals surface area (Å²) in [6, 6.07) is 12.6. The van der Waals surface area contributed by atoms with Gasteiger partial charge in [0.2, 0.25) is 0 Å². The first-order valence-electron chi connectivity index (χ1n) is 10.3. The predicted octanol–water partition coefficient (Wildman–Crippen LogP) is 5.28. The highest BCUT2D eigenvalue weighted by Crippen LogP contribution is 2.28. The fourth-order valence-corrected chi connectivity index (χ4v) is 3.68. The fraction of sp³-hybridized carbons (Fsp3) is 0.217. The van der Waals surface area contributed by atoms with Crippen molar-refractivity contribution in [1.82, 2.24) is 20.0 Å². The molecule has 32 heavy (non-hydrogen) atoms. The first-order valence-corrected chi connectivity index (χ1v) is 11.1. The number of para-hydroxylation sites is 2. The number of halogens is 2. The highest BCUT2D eigenvalue weighted by Gasteiger charge is 2.23. The Morgan fingerprint density at radius 2 is 1.88 bits per heavy atom. The van der Waals surface area contributed by atoms with E-state index in [1.54, 1.807) is 24.4 Å². The molecule has 0 fully saturated rings. The second-order valence-electron chi connectivity index (χ2n) is 7.34. The fourth-order valence-electron chi connectivity index (χ4n) is 3.37. The zero-order valence-electron chi connectivity index (χ0n) is 17.5. The third-order valence-corrected chi connectivity index (χ3v) is 5.77. The van der Waals surface area contributed by atoms with Crippen molar-refractivity contribution < 1.29 is 4.79 Å². The van der Waals surface area contributed by atoms with Crippen LogP contribution in [-0.2, 0) is 0 Å². The van der Waals surface area contributed by atoms with E-state index in [9.17, 15) is 4.79 Å². The van der Waals surface area contributed by atoms with Gasteiger partial charge in [0, 0.05) is 6.54 Å². The van der Waals surface area contributed by atoms with Gasteiger partial charge in [0.25, 0.3) is 5.91 Å². The van der Waals surface area contributed by atoms with Gasteiger partial charge in [-0.25, -0.2) is 9.97 Å². The Balaban J connectivity index is 1.81. The summed E-state index contributed by atoms with van der Waals surface area (Å²) in [5.74, 6) is -0.128. The predicted molar refractivity (Wildman–Crippen MR) is 131 cm³/mol. The number of carbonyl (C=O) groups is 1. The molecule has 0 atom stereocenters. The van der Waals surface area contributed by atoms with Crippen molar-refractivity contribution in [2.45, 2.75) is 26.2 Å². The Morgan fingerprint density at radius 3 is 2.59 bits per heavy atom. The molecule has 0 radical (unpaired) electrons. The first-order chi connectivity index (χ1) is 15.5. The minimum Gasteiger partial charge on any atom is -0.383 e. The van der Waals surface area contributed by atoms with Crippen molar-refractivity contribution in [2.24, 2.45) is 5.10 Å². The highest BCUT2D eigenvalue weighted by molar-refractivity contribution is 6.42. The van der Waals surface area contributed by atoms with Gasteiger partial charge in [0.15, 0.2) is 5.65 Å². The van der Waals surface area contributed by atoms with Crippen LogP contribution in [-0.4, -0.2) is 33.3 Å². The van der Waals surface area contributed by atoms with E-state index in [0.717, 1.165) is 24.8 Å². The number of carbonyl (C=O) groups excluding carboxylic acids is 1. The molecule has 0 spiro atoms. The summed E-state index contributed by atoms with van der Waals surface area (Å²) in [5, 5.41) is 8.28. The number of hydrogen-bond donors (Lipinski definition) is 2. The lowest BCUT2D eigenvalue weighted by Crippen LogP contribution is -2.25. The van der Waals surface area contributed by atoms with Gasteiger partial charge in [0.05, 0.1) is 27.3 Å². The molecule has 0 aliphatic rings. The van der Waals surface area contributed by atoms with Crippen molar-refractivity contribution >= 4 is 63.3 Å². The van der Waals surface area contributed by atoms with E-state index < -0.39 is 0 Å². The van der Waals surface area contributed by atoms with E-state index in [2.05, 4.69) is 27.3 Å². The third kappa shape index (κ3) is 4.40. The molecule has 9 heteroatoms. The number of nitrogen functional groups attached to an aromatic ring is 1. The van der Waals surface area contributed by atoms with Gasteiger partial charge in [-0.15, -0.1) is 0 Å². The van der Waals surface area contributed by atoms with Crippen molar-refractivity contribution in [1.29, 1.82) is 0 Å². The molecule has 4 rings (SSSR count). The number of nitrogens with two attached hydrogens (primary N) is 1. The summed E-state index contributed by atoms with van der Waals surface area (Å²) in [6.45, 7) is 2.67. The molecule has 4 aromatic rings. The molecule has 164 valence electrons. The number of rotatable bonds is 7. The van der Waals surface area contributed by atoms with Crippen molar-refractivity contribution in [2.75, 3.05) is 12.3 Å². The number of nitrogens with one attached hydrogen (secondary N) is 1. The van der Waals surface area contributed by atoms with E-state index in [1.807, 2.05) is 24.3 Å². The molecule has 0 bridgehead atoms. The highest BCUT2D eigenvalue weighted by atomic mass is 35.5. The van der Waals surface area contributed by atoms with Gasteiger partial charge >= 0.3 is 0 Å². The second kappa shape index (κ2) is 9.54. The Morgan fingerprint density at radius 1 is 1.12 bits per heavy atom. The van der Waals surface area contributed by atoms with Gasteiger partial charge in [-0.2, -0.15) is 9.78 Å². The molecule has 2 aromatic carbocycles. The van der Waals surface area contributed by atoms with E-state index >= 15 is 0 Å². The van der Waals surface area contributed by atoms with Gasteiger partial charge in [0.1, 0.15) is 16.9 Å². The van der Waals surface area contributed by atoms with Crippen LogP contribution in [0.4, 0.5) is 5.82 Å². The van der Waals surface area contributed by atoms with Gasteiger partial charge in [-0.05, 0) is 36.2 Å². The Kier molecular flexibility index (Phi) is 6.58. The van der Waals surface area contributed by atoms with E-state index in [4.69, 9.17) is 28.9 Å². The standard InChI is InChI=1S/C23H22Cl2N6O/c1-2-3-6-11-27-23(32)19-20-22(30-18-8-5-4-7-17(18)29-20)31(21(19)26)28-13-14-9-10-15(24)16(25)12-14/h4-5,7-10,12-13H,2-3,6,11,26H2,1H3,(H,27,32)/b28-13+. The van der Waals surface area contributed by atoms with Gasteiger partial charge in [-0.1, -0.05) is 61.2 Å². The minimum absolute atomic E-state index is 0.166. The summed E-state index contributed by atoms with van der Waals surface area (Å²) in [7, 11) is 0. The molecular formula is C23H22Cl2N6O. The quantitative estimate of drug-likeness (QED) is 0.284. The number of fused-ring (bicyclic) bond motifs is 2. The summed E-state index contributed by atoms with van der Waals surface area (Å²) in [6.07, 6.45) is 4.58. The van der Waals surface area contributed by atoms with Crippen LogP contribution < -0.4 is 11.1 Å². The number of nitrogens with zero attached hydrogens (tertiary/aromatic N) is 4. The number of aromatic nitrogens is 3. The lowest BCUT2D eigenvalue weighted by Gasteiger charge is -2.05. The van der Waals surface area contributed by atoms with Crippen LogP contribution in [0.2, 0.25) is 10.0 Å². The largest absolute Gasteiger partial charge is 0.383 e. The summed E-state index contributed by atoms with van der Waals surface area (Å²) < 4.78 is 1.43. The summed E-state index contributed by atoms with van der Waals surface area (Å²) in [4.78, 5) is 22.3. The topological polar surface area (TPSA) is 98.2 Å². The molecule has 0 unspecified atom stereocenters. The Hall–Kier alpha value is -3.16. The first kappa shape index (κ1) is 22.0. The van der Waals surface area contributed by atoms with Crippen LogP contribution in [0.15, 0.2) is 47.6 Å². The van der Waals surface area contributed by atoms with Crippen molar-refractivity contribution in [3.05, 3.63) is 63.6 Å². The molecule has 1 amide bonds. The summed E-state index contributed by atoms with van der Waals surface area (Å²) in [5.41, 5.74) is 9.53. The molecule has 0 saturated heterocycles. The average molecular weight is 469 g/mol. The molecule has 0 aliphatic heterocycles. The SMILES string of the molecule is CCCCCNC(=O)c1c(N)n(/N=C/c2ccc(Cl)c(Cl)c2)c2nc3ccccc3nc12. The zero-order chi connectivity index (χ0) is 22.7. The Labute approximate surface area is 195 Å². The van der Waals surface area contributed by atoms with E-state index in [1.165, 1.54) is 4.68 Å². The molecule has 0 aliphatic carbocycles. The van der Waals surface area contributed by atoms with Crippen LogP contribution in [0.3, 0.4) is 0 Å². The van der Waals surface area contributed by atoms with E-state index in [-0.39, 0.29) is 17.3 Å². The molecule has 7 nitrogen and oxygen atoms in total. The lowest BCUT2D eigenvalue weighted by molar-refractivity contribution is 0.0955. The minimum atomic E-state index is -0.295. The molecule has 3 N–H and O–H groups in total. The van der Waals surface area contributed by atoms with Gasteiger partial charge in [-0.3, -0.25) is 4.79 Å². The van der Waals surface area contributed by atoms with Crippen LogP contribution in [0.25, 0.3) is 22.2 Å². The van der Waals surface area contributed by atoms with E-state index in [0.29, 0.717) is 38.8 Å². The van der Waals surface area contributed by atoms with Crippen LogP contribution >= 0.6 is 23.2 Å². The maximum Gasteiger partial charge on any atom is 0.257 e. The number of benzene rings is 2. The number of hydrogen-bond acceptors (Lipinski definition) is 5. The molecule has 2 aromatic heterocycles. The maximum absolute atomic E-state index is 13.0. The molecule has 0 saturated carbocycles. The maximum atomic E-state index is 13.0. The zero-order valence-corrected chi connectivity index (χ0v) is 19.0. The normalized spacial score (nSPS) is 11.6. The molecular weight excluding hydrogens is 447 g/mol. The number of anilines is 1. The number of unbranched alkanes of at least 4 members (excludes halogenated alkanes) is 2. The smallest absolute Gasteiger partial charge is 0.257 e. The second-order valence-corrected chi connectivity index (χ2v) is 8.15. The Bertz CT molecular complexity index is 1330.